The molecule has 0 spiro atoms. The molecular formula is C14H12ClNO2. The lowest BCUT2D eigenvalue weighted by Crippen LogP contribution is -1.88. The van der Waals surface area contributed by atoms with Gasteiger partial charge in [0.1, 0.15) is 17.2 Å². The maximum Gasteiger partial charge on any atom is 0.123 e. The Labute approximate surface area is 111 Å². The SMILES string of the molecule is COc1cc(C#Cc2[nH]ccc2Cl)cc(OC)c1. The number of ether oxygens (including phenoxy) is 2. The van der Waals surface area contributed by atoms with Crippen LogP contribution in [0.5, 0.6) is 11.5 Å². The first-order chi connectivity index (χ1) is 8.72. The number of methoxy groups -OCH3 is 2. The molecule has 18 heavy (non-hydrogen) atoms. The fourth-order valence-corrected chi connectivity index (χ4v) is 1.63. The smallest absolute Gasteiger partial charge is 0.123 e. The molecule has 2 aromatic rings. The second-order valence-electron chi connectivity index (χ2n) is 3.55. The lowest BCUT2D eigenvalue weighted by Gasteiger charge is -2.04. The molecule has 1 heterocycles. The molecule has 1 aromatic heterocycles. The standard InChI is InChI=1S/C14H12ClNO2/c1-17-11-7-10(8-12(9-11)18-2)3-4-14-13(15)5-6-16-14/h5-9,16H,1-2H3. The highest BCUT2D eigenvalue weighted by Gasteiger charge is 2.00. The Balaban J connectivity index is 2.34. The summed E-state index contributed by atoms with van der Waals surface area (Å²) in [5, 5.41) is 0.609. The first-order valence-corrected chi connectivity index (χ1v) is 5.68. The molecule has 0 bridgehead atoms. The van der Waals surface area contributed by atoms with Crippen molar-refractivity contribution in [2.45, 2.75) is 0 Å². The summed E-state index contributed by atoms with van der Waals surface area (Å²) in [5.74, 6) is 7.38. The Morgan fingerprint density at radius 3 is 2.22 bits per heavy atom. The Kier molecular flexibility index (Phi) is 3.81. The van der Waals surface area contributed by atoms with E-state index in [1.165, 1.54) is 0 Å². The molecule has 3 nitrogen and oxygen atoms in total. The van der Waals surface area contributed by atoms with E-state index in [0.29, 0.717) is 22.2 Å². The van der Waals surface area contributed by atoms with Gasteiger partial charge in [-0.2, -0.15) is 0 Å². The number of nitrogens with one attached hydrogen (secondary N) is 1. The summed E-state index contributed by atoms with van der Waals surface area (Å²) in [6, 6.07) is 7.24. The largest absolute Gasteiger partial charge is 0.497 e. The third-order valence-electron chi connectivity index (χ3n) is 2.38. The average molecular weight is 262 g/mol. The number of rotatable bonds is 2. The zero-order chi connectivity index (χ0) is 13.0. The molecule has 0 saturated heterocycles. The highest BCUT2D eigenvalue weighted by atomic mass is 35.5. The summed E-state index contributed by atoms with van der Waals surface area (Å²) in [6.07, 6.45) is 1.75. The predicted molar refractivity (Wildman–Crippen MR) is 71.3 cm³/mol. The molecule has 0 fully saturated rings. The topological polar surface area (TPSA) is 34.2 Å². The van der Waals surface area contributed by atoms with Crippen LogP contribution < -0.4 is 9.47 Å². The van der Waals surface area contributed by atoms with Crippen LogP contribution in [0.1, 0.15) is 11.3 Å². The van der Waals surface area contributed by atoms with Gasteiger partial charge in [0, 0.05) is 17.8 Å². The van der Waals surface area contributed by atoms with Crippen molar-refractivity contribution < 1.29 is 9.47 Å². The molecule has 2 rings (SSSR count). The van der Waals surface area contributed by atoms with E-state index >= 15 is 0 Å². The molecule has 0 radical (unpaired) electrons. The molecule has 92 valence electrons. The first-order valence-electron chi connectivity index (χ1n) is 5.31. The second kappa shape index (κ2) is 5.52. The zero-order valence-electron chi connectivity index (χ0n) is 10.1. The Morgan fingerprint density at radius 1 is 1.06 bits per heavy atom. The number of H-pyrrole nitrogens is 1. The van der Waals surface area contributed by atoms with Crippen molar-refractivity contribution in [2.75, 3.05) is 14.2 Å². The van der Waals surface area contributed by atoms with Crippen molar-refractivity contribution in [3.05, 3.63) is 46.7 Å². The van der Waals surface area contributed by atoms with Crippen LogP contribution >= 0.6 is 11.6 Å². The lowest BCUT2D eigenvalue weighted by atomic mass is 10.2. The predicted octanol–water partition coefficient (Wildman–Crippen LogP) is 3.09. The van der Waals surface area contributed by atoms with E-state index in [1.54, 1.807) is 32.5 Å². The van der Waals surface area contributed by atoms with Crippen molar-refractivity contribution in [3.8, 4) is 23.3 Å². The molecule has 0 atom stereocenters. The quantitative estimate of drug-likeness (QED) is 0.843. The summed E-state index contributed by atoms with van der Waals surface area (Å²) in [6.45, 7) is 0. The summed E-state index contributed by atoms with van der Waals surface area (Å²) in [7, 11) is 3.21. The molecule has 1 aromatic carbocycles. The van der Waals surface area contributed by atoms with Gasteiger partial charge in [-0.1, -0.05) is 17.5 Å². The highest BCUT2D eigenvalue weighted by molar-refractivity contribution is 6.31. The minimum atomic E-state index is 0.609. The van der Waals surface area contributed by atoms with Crippen LogP contribution in [-0.4, -0.2) is 19.2 Å². The van der Waals surface area contributed by atoms with E-state index < -0.39 is 0 Å². The molecule has 0 aliphatic rings. The van der Waals surface area contributed by atoms with Gasteiger partial charge in [0.2, 0.25) is 0 Å². The van der Waals surface area contributed by atoms with Gasteiger partial charge in [-0.3, -0.25) is 0 Å². The van der Waals surface area contributed by atoms with Crippen LogP contribution in [0.4, 0.5) is 0 Å². The minimum absolute atomic E-state index is 0.609. The highest BCUT2D eigenvalue weighted by Crippen LogP contribution is 2.22. The Hall–Kier alpha value is -2.05. The maximum atomic E-state index is 5.94. The first kappa shape index (κ1) is 12.4. The van der Waals surface area contributed by atoms with Gasteiger partial charge in [0.05, 0.1) is 19.2 Å². The fraction of sp³-hybridized carbons (Fsp3) is 0.143. The van der Waals surface area contributed by atoms with Crippen LogP contribution in [0.2, 0.25) is 5.02 Å². The maximum absolute atomic E-state index is 5.94. The number of aromatic nitrogens is 1. The van der Waals surface area contributed by atoms with Gasteiger partial charge in [-0.15, -0.1) is 0 Å². The molecule has 4 heteroatoms. The Bertz CT molecular complexity index is 585. The summed E-state index contributed by atoms with van der Waals surface area (Å²) in [4.78, 5) is 2.96. The van der Waals surface area contributed by atoms with Crippen LogP contribution in [0.15, 0.2) is 30.5 Å². The van der Waals surface area contributed by atoms with Gasteiger partial charge in [-0.25, -0.2) is 0 Å². The van der Waals surface area contributed by atoms with Crippen LogP contribution in [-0.2, 0) is 0 Å². The zero-order valence-corrected chi connectivity index (χ0v) is 10.8. The van der Waals surface area contributed by atoms with E-state index in [2.05, 4.69) is 16.8 Å². The fourth-order valence-electron chi connectivity index (χ4n) is 1.46. The van der Waals surface area contributed by atoms with E-state index in [4.69, 9.17) is 21.1 Å². The average Bonchev–Trinajstić information content (AvgIpc) is 2.81. The summed E-state index contributed by atoms with van der Waals surface area (Å²) in [5.41, 5.74) is 1.50. The van der Waals surface area contributed by atoms with Gasteiger partial charge in [-0.05, 0) is 24.1 Å². The van der Waals surface area contributed by atoms with Crippen molar-refractivity contribution in [1.29, 1.82) is 0 Å². The van der Waals surface area contributed by atoms with Crippen LogP contribution in [0, 0.1) is 11.8 Å². The molecule has 1 N–H and O–H groups in total. The Morgan fingerprint density at radius 2 is 1.72 bits per heavy atom. The van der Waals surface area contributed by atoms with Gasteiger partial charge < -0.3 is 14.5 Å². The molecule has 0 aliphatic heterocycles. The lowest BCUT2D eigenvalue weighted by molar-refractivity contribution is 0.394. The molecule has 0 amide bonds. The van der Waals surface area contributed by atoms with E-state index in [9.17, 15) is 0 Å². The van der Waals surface area contributed by atoms with Crippen molar-refractivity contribution in [3.63, 3.8) is 0 Å². The summed E-state index contributed by atoms with van der Waals surface area (Å²) >= 11 is 5.94. The van der Waals surface area contributed by atoms with Gasteiger partial charge in [0.15, 0.2) is 0 Å². The third kappa shape index (κ3) is 2.79. The normalized spacial score (nSPS) is 9.50. The van der Waals surface area contributed by atoms with Crippen LogP contribution in [0.3, 0.4) is 0 Å². The molecule has 0 aliphatic carbocycles. The summed E-state index contributed by atoms with van der Waals surface area (Å²) < 4.78 is 10.4. The number of aromatic amines is 1. The van der Waals surface area contributed by atoms with E-state index in [0.717, 1.165) is 5.56 Å². The second-order valence-corrected chi connectivity index (χ2v) is 3.96. The number of benzene rings is 1. The molecule has 0 unspecified atom stereocenters. The van der Waals surface area contributed by atoms with Crippen molar-refractivity contribution in [2.24, 2.45) is 0 Å². The third-order valence-corrected chi connectivity index (χ3v) is 2.69. The number of hydrogen-bond donors (Lipinski definition) is 1. The van der Waals surface area contributed by atoms with Gasteiger partial charge in [0.25, 0.3) is 0 Å². The molecular weight excluding hydrogens is 250 g/mol. The van der Waals surface area contributed by atoms with E-state index in [1.807, 2.05) is 12.1 Å². The van der Waals surface area contributed by atoms with Crippen molar-refractivity contribution >= 4 is 11.6 Å². The minimum Gasteiger partial charge on any atom is -0.497 e. The van der Waals surface area contributed by atoms with Crippen molar-refractivity contribution in [1.82, 2.24) is 4.98 Å². The van der Waals surface area contributed by atoms with Gasteiger partial charge >= 0.3 is 0 Å². The molecule has 0 saturated carbocycles. The number of halogens is 1. The number of hydrogen-bond acceptors (Lipinski definition) is 2. The monoisotopic (exact) mass is 261 g/mol. The van der Waals surface area contributed by atoms with Crippen LogP contribution in [0.25, 0.3) is 0 Å². The van der Waals surface area contributed by atoms with E-state index in [-0.39, 0.29) is 0 Å².